The molecule has 4 heteroatoms. The molecule has 1 saturated carbocycles. The molecule has 0 bridgehead atoms. The fourth-order valence-electron chi connectivity index (χ4n) is 2.73. The summed E-state index contributed by atoms with van der Waals surface area (Å²) < 4.78 is 4.97. The molecule has 0 heterocycles. The lowest BCUT2D eigenvalue weighted by atomic mass is 9.81. The Balaban J connectivity index is 2.06. The topological polar surface area (TPSA) is 38.3 Å². The Labute approximate surface area is 119 Å². The van der Waals surface area contributed by atoms with E-state index in [0.717, 1.165) is 25.7 Å². The van der Waals surface area contributed by atoms with Gasteiger partial charge in [-0.25, -0.2) is 0 Å². The summed E-state index contributed by atoms with van der Waals surface area (Å²) in [7, 11) is 3.32. The number of hydrogen-bond donors (Lipinski definition) is 1. The van der Waals surface area contributed by atoms with Gasteiger partial charge in [0.05, 0.1) is 7.11 Å². The van der Waals surface area contributed by atoms with Crippen molar-refractivity contribution >= 4 is 17.7 Å². The summed E-state index contributed by atoms with van der Waals surface area (Å²) in [6.45, 7) is 0. The second kappa shape index (κ2) is 6.44. The summed E-state index contributed by atoms with van der Waals surface area (Å²) >= 11 is 1.86. The Hall–Kier alpha value is -1.00. The highest BCUT2D eigenvalue weighted by molar-refractivity contribution is 8.00. The average molecular weight is 279 g/mol. The number of rotatable bonds is 4. The maximum atomic E-state index is 12.0. The number of methoxy groups -OCH3 is 1. The number of ether oxygens (including phenoxy) is 1. The van der Waals surface area contributed by atoms with Gasteiger partial charge in [-0.2, -0.15) is 0 Å². The molecule has 2 unspecified atom stereocenters. The van der Waals surface area contributed by atoms with Gasteiger partial charge in [-0.05, 0) is 44.9 Å². The molecule has 1 aliphatic carbocycles. The van der Waals surface area contributed by atoms with Crippen molar-refractivity contribution in [2.24, 2.45) is 0 Å². The van der Waals surface area contributed by atoms with Crippen LogP contribution in [0, 0.1) is 0 Å². The summed E-state index contributed by atoms with van der Waals surface area (Å²) in [5, 5.41) is 3.66. The zero-order chi connectivity index (χ0) is 13.7. The summed E-state index contributed by atoms with van der Waals surface area (Å²) in [5.74, 6) is -0.131. The van der Waals surface area contributed by atoms with Gasteiger partial charge in [-0.3, -0.25) is 4.79 Å². The molecule has 0 saturated heterocycles. The molecule has 19 heavy (non-hydrogen) atoms. The van der Waals surface area contributed by atoms with Crippen LogP contribution >= 0.6 is 11.8 Å². The lowest BCUT2D eigenvalue weighted by Gasteiger charge is -2.38. The highest BCUT2D eigenvalue weighted by atomic mass is 32.2. The normalized spacial score (nSPS) is 26.9. The van der Waals surface area contributed by atoms with E-state index in [1.54, 1.807) is 0 Å². The van der Waals surface area contributed by atoms with Gasteiger partial charge in [-0.15, -0.1) is 11.8 Å². The molecule has 0 aromatic heterocycles. The van der Waals surface area contributed by atoms with Crippen LogP contribution in [0.1, 0.15) is 25.7 Å². The molecule has 1 fully saturated rings. The molecule has 0 spiro atoms. The van der Waals surface area contributed by atoms with E-state index in [-0.39, 0.29) is 5.97 Å². The number of hydrogen-bond acceptors (Lipinski definition) is 4. The predicted octanol–water partition coefficient (Wildman–Crippen LogP) is 2.85. The Morgan fingerprint density at radius 1 is 1.42 bits per heavy atom. The molecule has 1 aliphatic rings. The smallest absolute Gasteiger partial charge is 0.326 e. The van der Waals surface area contributed by atoms with E-state index in [9.17, 15) is 4.79 Å². The fraction of sp³-hybridized carbons (Fsp3) is 0.533. The quantitative estimate of drug-likeness (QED) is 0.860. The third-order valence-electron chi connectivity index (χ3n) is 3.81. The first-order valence-electron chi connectivity index (χ1n) is 6.69. The van der Waals surface area contributed by atoms with Crippen LogP contribution in [0.15, 0.2) is 35.2 Å². The zero-order valence-electron chi connectivity index (χ0n) is 11.5. The fourth-order valence-corrected chi connectivity index (χ4v) is 4.08. The Morgan fingerprint density at radius 2 is 2.16 bits per heavy atom. The van der Waals surface area contributed by atoms with Gasteiger partial charge < -0.3 is 10.1 Å². The molecule has 0 amide bonds. The highest BCUT2D eigenvalue weighted by Crippen LogP contribution is 2.38. The van der Waals surface area contributed by atoms with E-state index >= 15 is 0 Å². The van der Waals surface area contributed by atoms with Crippen LogP contribution in [0.3, 0.4) is 0 Å². The van der Waals surface area contributed by atoms with Crippen LogP contribution in [-0.4, -0.2) is 30.9 Å². The summed E-state index contributed by atoms with van der Waals surface area (Å²) in [5.41, 5.74) is -0.501. The Kier molecular flexibility index (Phi) is 4.88. The van der Waals surface area contributed by atoms with Gasteiger partial charge >= 0.3 is 5.97 Å². The minimum absolute atomic E-state index is 0.131. The van der Waals surface area contributed by atoms with Crippen molar-refractivity contribution in [2.75, 3.05) is 14.2 Å². The van der Waals surface area contributed by atoms with Crippen molar-refractivity contribution in [1.82, 2.24) is 5.32 Å². The van der Waals surface area contributed by atoms with Crippen LogP contribution in [0.5, 0.6) is 0 Å². The Bertz CT molecular complexity index is 423. The van der Waals surface area contributed by atoms with E-state index < -0.39 is 5.54 Å². The largest absolute Gasteiger partial charge is 0.468 e. The minimum atomic E-state index is -0.501. The van der Waals surface area contributed by atoms with E-state index in [0.29, 0.717) is 5.25 Å². The van der Waals surface area contributed by atoms with Crippen LogP contribution in [-0.2, 0) is 9.53 Å². The minimum Gasteiger partial charge on any atom is -0.468 e. The number of likely N-dealkylation sites (N-methyl/N-ethyl adjacent to an activating group) is 1. The van der Waals surface area contributed by atoms with Crippen molar-refractivity contribution < 1.29 is 9.53 Å². The van der Waals surface area contributed by atoms with Crippen LogP contribution in [0.4, 0.5) is 0 Å². The maximum Gasteiger partial charge on any atom is 0.326 e. The molecule has 1 N–H and O–H groups in total. The van der Waals surface area contributed by atoms with Gasteiger partial charge in [0, 0.05) is 10.1 Å². The van der Waals surface area contributed by atoms with Crippen LogP contribution in [0.25, 0.3) is 0 Å². The van der Waals surface area contributed by atoms with Crippen LogP contribution < -0.4 is 5.32 Å². The van der Waals surface area contributed by atoms with E-state index in [2.05, 4.69) is 29.6 Å². The van der Waals surface area contributed by atoms with Gasteiger partial charge in [0.2, 0.25) is 0 Å². The van der Waals surface area contributed by atoms with Gasteiger partial charge in [0.25, 0.3) is 0 Å². The average Bonchev–Trinajstić information content (AvgIpc) is 2.47. The zero-order valence-corrected chi connectivity index (χ0v) is 12.3. The van der Waals surface area contributed by atoms with Gasteiger partial charge in [-0.1, -0.05) is 18.2 Å². The number of thioether (sulfide) groups is 1. The first-order valence-corrected chi connectivity index (χ1v) is 7.57. The molecule has 1 aromatic rings. The molecule has 2 rings (SSSR count). The third kappa shape index (κ3) is 3.31. The maximum absolute atomic E-state index is 12.0. The third-order valence-corrected chi connectivity index (χ3v) is 5.09. The molecule has 2 atom stereocenters. The molecule has 0 radical (unpaired) electrons. The molecule has 1 aromatic carbocycles. The molecule has 3 nitrogen and oxygen atoms in total. The van der Waals surface area contributed by atoms with E-state index in [1.165, 1.54) is 12.0 Å². The van der Waals surface area contributed by atoms with Gasteiger partial charge in [0.1, 0.15) is 5.54 Å². The first kappa shape index (κ1) is 14.4. The SMILES string of the molecule is CNC1(C(=O)OC)CCCC(Sc2ccccc2)C1. The van der Waals surface area contributed by atoms with Crippen molar-refractivity contribution in [1.29, 1.82) is 0 Å². The summed E-state index contributed by atoms with van der Waals surface area (Å²) in [4.78, 5) is 13.3. The number of carbonyl (C=O) groups is 1. The molecular formula is C15H21NO2S. The summed E-state index contributed by atoms with van der Waals surface area (Å²) in [6.07, 6.45) is 3.90. The number of esters is 1. The first-order chi connectivity index (χ1) is 9.20. The number of carbonyl (C=O) groups excluding carboxylic acids is 1. The van der Waals surface area contributed by atoms with Crippen molar-refractivity contribution in [3.63, 3.8) is 0 Å². The molecule has 0 aliphatic heterocycles. The number of nitrogens with one attached hydrogen (secondary N) is 1. The second-order valence-corrected chi connectivity index (χ2v) is 6.35. The lowest BCUT2D eigenvalue weighted by molar-refractivity contribution is -0.149. The van der Waals surface area contributed by atoms with Crippen molar-refractivity contribution in [3.8, 4) is 0 Å². The monoisotopic (exact) mass is 279 g/mol. The molecular weight excluding hydrogens is 258 g/mol. The lowest BCUT2D eigenvalue weighted by Crippen LogP contribution is -2.54. The van der Waals surface area contributed by atoms with Crippen LogP contribution in [0.2, 0.25) is 0 Å². The second-order valence-electron chi connectivity index (χ2n) is 4.97. The van der Waals surface area contributed by atoms with Gasteiger partial charge in [0.15, 0.2) is 0 Å². The Morgan fingerprint density at radius 3 is 2.79 bits per heavy atom. The number of benzene rings is 1. The van der Waals surface area contributed by atoms with Crippen molar-refractivity contribution in [2.45, 2.75) is 41.4 Å². The van der Waals surface area contributed by atoms with Crippen molar-refractivity contribution in [3.05, 3.63) is 30.3 Å². The van der Waals surface area contributed by atoms with E-state index in [4.69, 9.17) is 4.74 Å². The van der Waals surface area contributed by atoms with E-state index in [1.807, 2.05) is 24.9 Å². The summed E-state index contributed by atoms with van der Waals surface area (Å²) in [6, 6.07) is 10.4. The predicted molar refractivity (Wildman–Crippen MR) is 78.4 cm³/mol. The highest BCUT2D eigenvalue weighted by Gasteiger charge is 2.42. The standard InChI is InChI=1S/C15H21NO2S/c1-16-15(14(17)18-2)10-6-9-13(11-15)19-12-7-4-3-5-8-12/h3-5,7-8,13,16H,6,9-11H2,1-2H3. The molecule has 104 valence electrons.